The number of fused-ring (bicyclic) bond motifs is 2. The highest BCUT2D eigenvalue weighted by atomic mass is 19.1. The molecule has 0 aromatic carbocycles. The van der Waals surface area contributed by atoms with Gasteiger partial charge < -0.3 is 9.42 Å². The molecule has 1 saturated heterocycles. The van der Waals surface area contributed by atoms with Gasteiger partial charge in [0.25, 0.3) is 5.56 Å². The van der Waals surface area contributed by atoms with E-state index in [0.29, 0.717) is 40.4 Å². The predicted octanol–water partition coefficient (Wildman–Crippen LogP) is 1.61. The van der Waals surface area contributed by atoms with Crippen molar-refractivity contribution in [1.29, 1.82) is 0 Å². The predicted molar refractivity (Wildman–Crippen MR) is 103 cm³/mol. The van der Waals surface area contributed by atoms with Crippen LogP contribution >= 0.6 is 0 Å². The molecule has 10 heteroatoms. The lowest BCUT2D eigenvalue weighted by Crippen LogP contribution is -2.24. The van der Waals surface area contributed by atoms with Crippen LogP contribution in [0.15, 0.2) is 52.3 Å². The molecule has 1 saturated carbocycles. The van der Waals surface area contributed by atoms with Crippen molar-refractivity contribution in [2.75, 3.05) is 18.0 Å². The fraction of sp³-hybridized carbons (Fsp3) is 0.300. The smallest absolute Gasteiger partial charge is 0.263 e. The maximum atomic E-state index is 13.4. The minimum atomic E-state index is -0.283. The largest absolute Gasteiger partial charge is 0.356 e. The van der Waals surface area contributed by atoms with Crippen LogP contribution in [0.1, 0.15) is 17.6 Å². The lowest BCUT2D eigenvalue weighted by Gasteiger charge is -2.20. The third kappa shape index (κ3) is 2.75. The molecular weight excluding hydrogens is 389 g/mol. The average Bonchev–Trinajstić information content (AvgIpc) is 3.10. The summed E-state index contributed by atoms with van der Waals surface area (Å²) >= 11 is 0. The van der Waals surface area contributed by atoms with Gasteiger partial charge in [-0.25, -0.2) is 19.3 Å². The fourth-order valence-corrected chi connectivity index (χ4v) is 4.39. The van der Waals surface area contributed by atoms with Gasteiger partial charge in [0, 0.05) is 37.5 Å². The Morgan fingerprint density at radius 3 is 2.83 bits per heavy atom. The standard InChI is InChI=1S/C20H16FN7O2/c21-11-3-5-22-15(6-11)27-7-13-14(8-27)17(13)19-25-16(30-26-19)9-28-10-24-18-12(20(28)29)2-1-4-23-18/h1-6,10,13-14,17H,7-9H2/t13-,14+,17-. The summed E-state index contributed by atoms with van der Waals surface area (Å²) in [5.41, 5.74) is 0.211. The third-order valence-corrected chi connectivity index (χ3v) is 5.91. The average molecular weight is 405 g/mol. The van der Waals surface area contributed by atoms with Crippen LogP contribution in [-0.4, -0.2) is 42.7 Å². The SMILES string of the molecule is O=c1c2cccnc2ncn1Cc1nc([C@@H]2[C@@H]3CN(c4cc(F)ccn4)C[C@@H]32)no1. The molecule has 2 fully saturated rings. The van der Waals surface area contributed by atoms with Crippen LogP contribution in [0.2, 0.25) is 0 Å². The van der Waals surface area contributed by atoms with Crippen molar-refractivity contribution in [3.63, 3.8) is 0 Å². The minimum Gasteiger partial charge on any atom is -0.356 e. The quantitative estimate of drug-likeness (QED) is 0.505. The molecule has 6 rings (SSSR count). The van der Waals surface area contributed by atoms with Gasteiger partial charge >= 0.3 is 0 Å². The molecule has 5 heterocycles. The molecule has 0 radical (unpaired) electrons. The van der Waals surface area contributed by atoms with E-state index in [1.54, 1.807) is 18.3 Å². The highest BCUT2D eigenvalue weighted by molar-refractivity contribution is 5.72. The lowest BCUT2D eigenvalue weighted by atomic mass is 10.2. The molecule has 9 nitrogen and oxygen atoms in total. The summed E-state index contributed by atoms with van der Waals surface area (Å²) in [7, 11) is 0. The van der Waals surface area contributed by atoms with Crippen molar-refractivity contribution in [2.45, 2.75) is 12.5 Å². The molecule has 0 amide bonds. The first-order valence-electron chi connectivity index (χ1n) is 9.66. The van der Waals surface area contributed by atoms with E-state index in [1.165, 1.54) is 29.2 Å². The van der Waals surface area contributed by atoms with Gasteiger partial charge in [0.15, 0.2) is 11.5 Å². The molecule has 0 N–H and O–H groups in total. The number of hydrogen-bond acceptors (Lipinski definition) is 8. The van der Waals surface area contributed by atoms with E-state index in [2.05, 4.69) is 30.0 Å². The van der Waals surface area contributed by atoms with E-state index in [9.17, 15) is 9.18 Å². The van der Waals surface area contributed by atoms with Gasteiger partial charge in [0.05, 0.1) is 5.39 Å². The maximum absolute atomic E-state index is 13.4. The summed E-state index contributed by atoms with van der Waals surface area (Å²) < 4.78 is 20.3. The van der Waals surface area contributed by atoms with Gasteiger partial charge in [-0.1, -0.05) is 5.16 Å². The van der Waals surface area contributed by atoms with E-state index < -0.39 is 0 Å². The number of halogens is 1. The van der Waals surface area contributed by atoms with Crippen molar-refractivity contribution in [3.05, 3.63) is 70.9 Å². The van der Waals surface area contributed by atoms with E-state index in [1.807, 2.05) is 0 Å². The van der Waals surface area contributed by atoms with Gasteiger partial charge in [0.2, 0.25) is 5.89 Å². The zero-order valence-electron chi connectivity index (χ0n) is 15.7. The molecule has 3 atom stereocenters. The molecule has 0 spiro atoms. The van der Waals surface area contributed by atoms with E-state index >= 15 is 0 Å². The topological polar surface area (TPSA) is 103 Å². The first-order chi connectivity index (χ1) is 14.7. The summed E-state index contributed by atoms with van der Waals surface area (Å²) in [6.07, 6.45) is 4.52. The number of pyridine rings is 2. The number of nitrogens with zero attached hydrogens (tertiary/aromatic N) is 7. The van der Waals surface area contributed by atoms with Crippen LogP contribution in [0.3, 0.4) is 0 Å². The highest BCUT2D eigenvalue weighted by Gasteiger charge is 2.58. The van der Waals surface area contributed by atoms with E-state index in [-0.39, 0.29) is 23.8 Å². The molecule has 4 aromatic rings. The maximum Gasteiger partial charge on any atom is 0.263 e. The summed E-state index contributed by atoms with van der Waals surface area (Å²) in [4.78, 5) is 31.7. The third-order valence-electron chi connectivity index (χ3n) is 5.91. The van der Waals surface area contributed by atoms with E-state index in [4.69, 9.17) is 4.52 Å². The van der Waals surface area contributed by atoms with Gasteiger partial charge in [-0.15, -0.1) is 0 Å². The van der Waals surface area contributed by atoms with Crippen LogP contribution in [0, 0.1) is 17.7 Å². The number of hydrogen-bond donors (Lipinski definition) is 0. The molecule has 30 heavy (non-hydrogen) atoms. The number of aromatic nitrogens is 6. The minimum absolute atomic E-state index is 0.158. The summed E-state index contributed by atoms with van der Waals surface area (Å²) in [6, 6.07) is 6.20. The lowest BCUT2D eigenvalue weighted by molar-refractivity contribution is 0.363. The van der Waals surface area contributed by atoms with Gasteiger partial charge in [-0.05, 0) is 30.0 Å². The Bertz CT molecular complexity index is 1310. The zero-order chi connectivity index (χ0) is 20.2. The van der Waals surface area contributed by atoms with Gasteiger partial charge in [-0.2, -0.15) is 4.98 Å². The van der Waals surface area contributed by atoms with Gasteiger partial charge in [-0.3, -0.25) is 9.36 Å². The van der Waals surface area contributed by atoms with Crippen LogP contribution < -0.4 is 10.5 Å². The molecule has 2 aliphatic rings. The summed E-state index contributed by atoms with van der Waals surface area (Å²) in [6.45, 7) is 1.73. The Kier molecular flexibility index (Phi) is 3.67. The molecule has 150 valence electrons. The molecule has 1 aliphatic heterocycles. The first kappa shape index (κ1) is 17.2. The van der Waals surface area contributed by atoms with Crippen molar-refractivity contribution < 1.29 is 8.91 Å². The van der Waals surface area contributed by atoms with E-state index in [0.717, 1.165) is 13.1 Å². The van der Waals surface area contributed by atoms with Crippen molar-refractivity contribution in [1.82, 2.24) is 29.7 Å². The highest BCUT2D eigenvalue weighted by Crippen LogP contribution is 2.57. The molecule has 0 bridgehead atoms. The Hall–Kier alpha value is -3.69. The second-order valence-electron chi connectivity index (χ2n) is 7.69. The van der Waals surface area contributed by atoms with Crippen LogP contribution in [0.5, 0.6) is 0 Å². The molecule has 0 unspecified atom stereocenters. The van der Waals surface area contributed by atoms with Crippen LogP contribution in [0.25, 0.3) is 11.0 Å². The van der Waals surface area contributed by atoms with Gasteiger partial charge in [0.1, 0.15) is 24.5 Å². The number of rotatable bonds is 4. The monoisotopic (exact) mass is 405 g/mol. The summed E-state index contributed by atoms with van der Waals surface area (Å²) in [5.74, 6) is 2.43. The summed E-state index contributed by atoms with van der Waals surface area (Å²) in [5, 5.41) is 4.58. The Morgan fingerprint density at radius 1 is 1.13 bits per heavy atom. The molecule has 4 aromatic heterocycles. The van der Waals surface area contributed by atoms with Crippen molar-refractivity contribution >= 4 is 16.9 Å². The Balaban J connectivity index is 1.16. The number of piperidine rings is 1. The zero-order valence-corrected chi connectivity index (χ0v) is 15.7. The van der Waals surface area contributed by atoms with Crippen LogP contribution in [0.4, 0.5) is 10.2 Å². The molecule has 1 aliphatic carbocycles. The van der Waals surface area contributed by atoms with Crippen molar-refractivity contribution in [2.24, 2.45) is 11.8 Å². The normalized spacial score (nSPS) is 22.4. The van der Waals surface area contributed by atoms with Crippen LogP contribution in [-0.2, 0) is 6.54 Å². The first-order valence-corrected chi connectivity index (χ1v) is 9.66. The Labute approximate surface area is 169 Å². The number of anilines is 1. The van der Waals surface area contributed by atoms with Crippen molar-refractivity contribution in [3.8, 4) is 0 Å². The molecular formula is C20H16FN7O2. The second-order valence-corrected chi connectivity index (χ2v) is 7.69. The fourth-order valence-electron chi connectivity index (χ4n) is 4.39. The second kappa shape index (κ2) is 6.41. The Morgan fingerprint density at radius 2 is 2.00 bits per heavy atom.